The summed E-state index contributed by atoms with van der Waals surface area (Å²) in [7, 11) is 0. The highest BCUT2D eigenvalue weighted by Crippen LogP contribution is 2.18. The van der Waals surface area contributed by atoms with Gasteiger partial charge in [0.1, 0.15) is 12.1 Å². The fourth-order valence-electron chi connectivity index (χ4n) is 2.38. The van der Waals surface area contributed by atoms with E-state index < -0.39 is 6.10 Å². The Morgan fingerprint density at radius 1 is 1.12 bits per heavy atom. The summed E-state index contributed by atoms with van der Waals surface area (Å²) >= 11 is 5.92. The summed E-state index contributed by atoms with van der Waals surface area (Å²) in [6, 6.07) is 18.6. The molecule has 1 aromatic heterocycles. The maximum atomic E-state index is 12.2. The number of carbonyl (C=O) groups excluding carboxylic acids is 1. The minimum atomic E-state index is -0.649. The van der Waals surface area contributed by atoms with Crippen molar-refractivity contribution in [3.63, 3.8) is 0 Å². The minimum Gasteiger partial charge on any atom is -0.481 e. The zero-order valence-corrected chi connectivity index (χ0v) is 15.0. The van der Waals surface area contributed by atoms with E-state index in [2.05, 4.69) is 15.3 Å². The average Bonchev–Trinajstić information content (AvgIpc) is 2.67. The van der Waals surface area contributed by atoms with Crippen LogP contribution >= 0.6 is 11.6 Å². The highest BCUT2D eigenvalue weighted by Gasteiger charge is 2.15. The molecule has 0 radical (unpaired) electrons. The summed E-state index contributed by atoms with van der Waals surface area (Å²) in [5, 5.41) is 3.38. The van der Waals surface area contributed by atoms with Crippen molar-refractivity contribution in [2.45, 2.75) is 19.6 Å². The number of carbonyl (C=O) groups is 1. The lowest BCUT2D eigenvalue weighted by Crippen LogP contribution is -2.36. The number of rotatable bonds is 6. The van der Waals surface area contributed by atoms with Crippen LogP contribution < -0.4 is 10.1 Å². The van der Waals surface area contributed by atoms with Crippen molar-refractivity contribution in [3.8, 4) is 17.0 Å². The molecule has 1 N–H and O–H groups in total. The molecule has 3 rings (SSSR count). The summed E-state index contributed by atoms with van der Waals surface area (Å²) in [5.74, 6) is 0.318. The maximum absolute atomic E-state index is 12.2. The third kappa shape index (κ3) is 4.80. The first-order chi connectivity index (χ1) is 12.6. The molecule has 0 saturated carbocycles. The van der Waals surface area contributed by atoms with Gasteiger partial charge in [-0.05, 0) is 31.2 Å². The molecule has 26 heavy (non-hydrogen) atoms. The van der Waals surface area contributed by atoms with Gasteiger partial charge in [0.15, 0.2) is 6.10 Å². The first kappa shape index (κ1) is 17.9. The van der Waals surface area contributed by atoms with Crippen molar-refractivity contribution in [1.29, 1.82) is 0 Å². The Morgan fingerprint density at radius 3 is 2.69 bits per heavy atom. The first-order valence-electron chi connectivity index (χ1n) is 8.18. The molecule has 0 aliphatic carbocycles. The molecule has 132 valence electrons. The van der Waals surface area contributed by atoms with Crippen LogP contribution in [0.2, 0.25) is 5.02 Å². The van der Waals surface area contributed by atoms with Gasteiger partial charge in [-0.3, -0.25) is 4.79 Å². The lowest BCUT2D eigenvalue weighted by Gasteiger charge is -2.15. The number of hydrogen-bond donors (Lipinski definition) is 1. The summed E-state index contributed by atoms with van der Waals surface area (Å²) in [5.41, 5.74) is 2.54. The van der Waals surface area contributed by atoms with Gasteiger partial charge in [-0.2, -0.15) is 0 Å². The van der Waals surface area contributed by atoms with E-state index >= 15 is 0 Å². The Bertz CT molecular complexity index is 887. The van der Waals surface area contributed by atoms with E-state index in [1.165, 1.54) is 6.33 Å². The third-order valence-electron chi connectivity index (χ3n) is 3.72. The molecule has 6 heteroatoms. The van der Waals surface area contributed by atoms with E-state index in [4.69, 9.17) is 16.3 Å². The van der Waals surface area contributed by atoms with Gasteiger partial charge >= 0.3 is 0 Å². The van der Waals surface area contributed by atoms with E-state index in [0.29, 0.717) is 17.3 Å². The van der Waals surface area contributed by atoms with Gasteiger partial charge in [0.25, 0.3) is 5.91 Å². The van der Waals surface area contributed by atoms with E-state index in [9.17, 15) is 4.79 Å². The predicted octanol–water partition coefficient (Wildman–Crippen LogP) is 3.88. The summed E-state index contributed by atoms with van der Waals surface area (Å²) in [4.78, 5) is 20.7. The van der Waals surface area contributed by atoms with E-state index in [0.717, 1.165) is 17.0 Å². The van der Waals surface area contributed by atoms with Crippen molar-refractivity contribution in [2.24, 2.45) is 0 Å². The molecule has 5 nitrogen and oxygen atoms in total. The molecule has 0 aliphatic heterocycles. The molecular weight excluding hydrogens is 350 g/mol. The number of ether oxygens (including phenoxy) is 1. The van der Waals surface area contributed by atoms with Crippen LogP contribution in [0, 0.1) is 0 Å². The van der Waals surface area contributed by atoms with Crippen LogP contribution in [0.25, 0.3) is 11.3 Å². The van der Waals surface area contributed by atoms with Crippen LogP contribution in [0.1, 0.15) is 12.6 Å². The van der Waals surface area contributed by atoms with Crippen molar-refractivity contribution in [1.82, 2.24) is 15.3 Å². The zero-order valence-electron chi connectivity index (χ0n) is 14.2. The minimum absolute atomic E-state index is 0.232. The second-order valence-corrected chi connectivity index (χ2v) is 6.13. The number of amides is 1. The summed E-state index contributed by atoms with van der Waals surface area (Å²) in [6.45, 7) is 1.98. The van der Waals surface area contributed by atoms with Crippen LogP contribution in [0.3, 0.4) is 0 Å². The molecule has 0 fully saturated rings. The summed E-state index contributed by atoms with van der Waals surface area (Å²) < 4.78 is 5.61. The molecule has 1 heterocycles. The van der Waals surface area contributed by atoms with Crippen LogP contribution in [0.5, 0.6) is 5.75 Å². The number of aromatic nitrogens is 2. The third-order valence-corrected chi connectivity index (χ3v) is 3.95. The fourth-order valence-corrected chi connectivity index (χ4v) is 2.56. The maximum Gasteiger partial charge on any atom is 0.261 e. The first-order valence-corrected chi connectivity index (χ1v) is 8.56. The quantitative estimate of drug-likeness (QED) is 0.718. The monoisotopic (exact) mass is 367 g/mol. The molecule has 3 aromatic rings. The van der Waals surface area contributed by atoms with Gasteiger partial charge in [0.2, 0.25) is 0 Å². The second-order valence-electron chi connectivity index (χ2n) is 5.70. The van der Waals surface area contributed by atoms with Crippen LogP contribution in [-0.4, -0.2) is 22.0 Å². The van der Waals surface area contributed by atoms with Crippen molar-refractivity contribution < 1.29 is 9.53 Å². The highest BCUT2D eigenvalue weighted by atomic mass is 35.5. The Kier molecular flexibility index (Phi) is 5.81. The van der Waals surface area contributed by atoms with Gasteiger partial charge in [0, 0.05) is 10.6 Å². The zero-order chi connectivity index (χ0) is 18.4. The molecule has 0 aliphatic rings. The van der Waals surface area contributed by atoms with Crippen molar-refractivity contribution in [2.75, 3.05) is 0 Å². The number of benzene rings is 2. The fraction of sp³-hybridized carbons (Fsp3) is 0.150. The van der Waals surface area contributed by atoms with Gasteiger partial charge in [-0.15, -0.1) is 0 Å². The molecule has 0 spiro atoms. The highest BCUT2D eigenvalue weighted by molar-refractivity contribution is 6.30. The predicted molar refractivity (Wildman–Crippen MR) is 101 cm³/mol. The molecule has 1 atom stereocenters. The Morgan fingerprint density at radius 2 is 1.92 bits per heavy atom. The smallest absolute Gasteiger partial charge is 0.261 e. The second kappa shape index (κ2) is 8.45. The molecule has 1 amide bonds. The van der Waals surface area contributed by atoms with Gasteiger partial charge in [-0.1, -0.05) is 48.0 Å². The average molecular weight is 368 g/mol. The number of hydrogen-bond acceptors (Lipinski definition) is 4. The topological polar surface area (TPSA) is 64.1 Å². The molecule has 0 saturated heterocycles. The van der Waals surface area contributed by atoms with Crippen molar-refractivity contribution in [3.05, 3.63) is 77.7 Å². The van der Waals surface area contributed by atoms with Crippen LogP contribution in [-0.2, 0) is 11.3 Å². The van der Waals surface area contributed by atoms with Gasteiger partial charge in [-0.25, -0.2) is 9.97 Å². The van der Waals surface area contributed by atoms with E-state index in [-0.39, 0.29) is 5.91 Å². The standard InChI is InChI=1S/C20H18ClN3O2/c1-14(26-18-9-5-8-16(21)10-18)20(25)22-12-17-11-19(24-13-23-17)15-6-3-2-4-7-15/h2-11,13-14H,12H2,1H3,(H,22,25). The van der Waals surface area contributed by atoms with Gasteiger partial charge in [0.05, 0.1) is 17.9 Å². The lowest BCUT2D eigenvalue weighted by molar-refractivity contribution is -0.127. The van der Waals surface area contributed by atoms with Crippen molar-refractivity contribution >= 4 is 17.5 Å². The van der Waals surface area contributed by atoms with Crippen LogP contribution in [0.15, 0.2) is 67.0 Å². The van der Waals surface area contributed by atoms with Crippen LogP contribution in [0.4, 0.5) is 0 Å². The number of nitrogens with one attached hydrogen (secondary N) is 1. The number of nitrogens with zero attached hydrogens (tertiary/aromatic N) is 2. The molecule has 0 bridgehead atoms. The van der Waals surface area contributed by atoms with E-state index in [1.807, 2.05) is 36.4 Å². The Balaban J connectivity index is 1.59. The Labute approximate surface area is 157 Å². The summed E-state index contributed by atoms with van der Waals surface area (Å²) in [6.07, 6.45) is 0.847. The Hall–Kier alpha value is -2.92. The number of halogens is 1. The van der Waals surface area contributed by atoms with Gasteiger partial charge < -0.3 is 10.1 Å². The molecule has 1 unspecified atom stereocenters. The lowest BCUT2D eigenvalue weighted by atomic mass is 10.1. The SMILES string of the molecule is CC(Oc1cccc(Cl)c1)C(=O)NCc1cc(-c2ccccc2)ncn1. The van der Waals surface area contributed by atoms with E-state index in [1.54, 1.807) is 31.2 Å². The molecular formula is C20H18ClN3O2. The molecule has 2 aromatic carbocycles. The largest absolute Gasteiger partial charge is 0.481 e. The normalized spacial score (nSPS) is 11.6.